The molecule has 1 heterocycles. The quantitative estimate of drug-likeness (QED) is 0.331. The van der Waals surface area contributed by atoms with E-state index < -0.39 is 17.5 Å². The summed E-state index contributed by atoms with van der Waals surface area (Å²) >= 11 is 3.61. The van der Waals surface area contributed by atoms with Crippen molar-refractivity contribution in [1.29, 1.82) is 5.26 Å². The van der Waals surface area contributed by atoms with Crippen LogP contribution in [0.2, 0.25) is 0 Å². The van der Waals surface area contributed by atoms with Crippen molar-refractivity contribution in [3.05, 3.63) is 76.6 Å². The molecule has 162 valence electrons. The Balaban J connectivity index is 1.97. The summed E-state index contributed by atoms with van der Waals surface area (Å²) < 4.78 is 40.7. The van der Waals surface area contributed by atoms with Crippen molar-refractivity contribution in [2.75, 3.05) is 0 Å². The van der Waals surface area contributed by atoms with Gasteiger partial charge in [-0.15, -0.1) is 0 Å². The normalized spacial score (nSPS) is 12.5. The Bertz CT molecular complexity index is 1080. The summed E-state index contributed by atoms with van der Waals surface area (Å²) in [5.41, 5.74) is 5.13. The van der Waals surface area contributed by atoms with Crippen LogP contribution in [0.1, 0.15) is 52.7 Å². The zero-order valence-corrected chi connectivity index (χ0v) is 19.0. The Kier molecular flexibility index (Phi) is 7.22. The van der Waals surface area contributed by atoms with Gasteiger partial charge in [0.15, 0.2) is 0 Å². The van der Waals surface area contributed by atoms with Crippen LogP contribution in [0.15, 0.2) is 48.5 Å². The fraction of sp³-hybridized carbons (Fsp3) is 0.333. The average Bonchev–Trinajstić information content (AvgIpc) is 3.04. The second-order valence-corrected chi connectivity index (χ2v) is 8.39. The molecule has 3 rings (SSSR count). The van der Waals surface area contributed by atoms with Gasteiger partial charge in [0.25, 0.3) is 0 Å². The SMILES string of the molecule is CCCCc1nn(CC(F)(F)F)c(C(Br)c2ccc(-c3ccccc3C#N)cc2)c1C. The summed E-state index contributed by atoms with van der Waals surface area (Å²) in [6, 6.07) is 17.0. The summed E-state index contributed by atoms with van der Waals surface area (Å²) in [5.74, 6) is 0. The molecule has 0 aliphatic heterocycles. The molecule has 0 bridgehead atoms. The smallest absolute Gasteiger partial charge is 0.258 e. The van der Waals surface area contributed by atoms with Crippen LogP contribution < -0.4 is 0 Å². The summed E-state index contributed by atoms with van der Waals surface area (Å²) in [4.78, 5) is -0.432. The van der Waals surface area contributed by atoms with Crippen LogP contribution in [0, 0.1) is 18.3 Å². The van der Waals surface area contributed by atoms with Crippen molar-refractivity contribution >= 4 is 15.9 Å². The zero-order valence-electron chi connectivity index (χ0n) is 17.4. The lowest BCUT2D eigenvalue weighted by molar-refractivity contribution is -0.143. The van der Waals surface area contributed by atoms with Crippen LogP contribution in [-0.4, -0.2) is 16.0 Å². The monoisotopic (exact) mass is 489 g/mol. The topological polar surface area (TPSA) is 41.6 Å². The lowest BCUT2D eigenvalue weighted by atomic mass is 9.97. The van der Waals surface area contributed by atoms with E-state index in [4.69, 9.17) is 0 Å². The predicted molar refractivity (Wildman–Crippen MR) is 119 cm³/mol. The first-order chi connectivity index (χ1) is 14.7. The average molecular weight is 490 g/mol. The first-order valence-electron chi connectivity index (χ1n) is 10.1. The maximum Gasteiger partial charge on any atom is 0.408 e. The van der Waals surface area contributed by atoms with Crippen LogP contribution in [0.3, 0.4) is 0 Å². The number of unbranched alkanes of at least 4 members (excludes halogenated alkanes) is 1. The van der Waals surface area contributed by atoms with Gasteiger partial charge in [-0.3, -0.25) is 4.68 Å². The third-order valence-corrected chi connectivity index (χ3v) is 6.20. The van der Waals surface area contributed by atoms with Gasteiger partial charge in [-0.25, -0.2) is 0 Å². The molecule has 0 radical (unpaired) electrons. The molecule has 1 unspecified atom stereocenters. The van der Waals surface area contributed by atoms with Crippen molar-refractivity contribution in [2.45, 2.75) is 50.7 Å². The number of hydrogen-bond acceptors (Lipinski definition) is 2. The molecular formula is C24H23BrF3N3. The van der Waals surface area contributed by atoms with E-state index in [-0.39, 0.29) is 0 Å². The van der Waals surface area contributed by atoms with Crippen molar-refractivity contribution in [2.24, 2.45) is 0 Å². The van der Waals surface area contributed by atoms with Gasteiger partial charge >= 0.3 is 6.18 Å². The minimum Gasteiger partial charge on any atom is -0.258 e. The highest BCUT2D eigenvalue weighted by atomic mass is 79.9. The van der Waals surface area contributed by atoms with E-state index >= 15 is 0 Å². The Morgan fingerprint density at radius 1 is 1.13 bits per heavy atom. The van der Waals surface area contributed by atoms with Crippen LogP contribution in [-0.2, 0) is 13.0 Å². The number of nitrogens with zero attached hydrogens (tertiary/aromatic N) is 3. The van der Waals surface area contributed by atoms with Gasteiger partial charge in [0, 0.05) is 0 Å². The molecule has 3 aromatic rings. The van der Waals surface area contributed by atoms with E-state index in [2.05, 4.69) is 27.1 Å². The van der Waals surface area contributed by atoms with Gasteiger partial charge < -0.3 is 0 Å². The number of aromatic nitrogens is 2. The molecule has 0 aliphatic carbocycles. The molecule has 0 N–H and O–H groups in total. The third-order valence-electron chi connectivity index (χ3n) is 5.23. The summed E-state index contributed by atoms with van der Waals surface area (Å²) in [6.07, 6.45) is -1.87. The van der Waals surface area contributed by atoms with E-state index in [0.29, 0.717) is 23.4 Å². The Morgan fingerprint density at radius 2 is 1.81 bits per heavy atom. The van der Waals surface area contributed by atoms with Gasteiger partial charge in [0.2, 0.25) is 0 Å². The maximum absolute atomic E-state index is 13.2. The Hall–Kier alpha value is -2.59. The molecule has 1 aromatic heterocycles. The highest BCUT2D eigenvalue weighted by Gasteiger charge is 2.32. The van der Waals surface area contributed by atoms with Crippen LogP contribution in [0.4, 0.5) is 13.2 Å². The molecule has 1 atom stereocenters. The second-order valence-electron chi connectivity index (χ2n) is 7.48. The molecule has 0 amide bonds. The van der Waals surface area contributed by atoms with Crippen molar-refractivity contribution < 1.29 is 13.2 Å². The molecule has 0 saturated carbocycles. The maximum atomic E-state index is 13.2. The van der Waals surface area contributed by atoms with Crippen LogP contribution in [0.25, 0.3) is 11.1 Å². The highest BCUT2D eigenvalue weighted by molar-refractivity contribution is 9.09. The van der Waals surface area contributed by atoms with Gasteiger partial charge in [0.1, 0.15) is 6.54 Å². The molecule has 0 aliphatic rings. The lowest BCUT2D eigenvalue weighted by Gasteiger charge is -2.16. The Morgan fingerprint density at radius 3 is 2.42 bits per heavy atom. The van der Waals surface area contributed by atoms with Crippen molar-refractivity contribution in [1.82, 2.24) is 9.78 Å². The first-order valence-corrected chi connectivity index (χ1v) is 11.0. The van der Waals surface area contributed by atoms with Crippen LogP contribution in [0.5, 0.6) is 0 Å². The first kappa shape index (κ1) is 23.1. The van der Waals surface area contributed by atoms with Gasteiger partial charge in [0.05, 0.1) is 27.8 Å². The molecule has 3 nitrogen and oxygen atoms in total. The zero-order chi connectivity index (χ0) is 22.6. The fourth-order valence-electron chi connectivity index (χ4n) is 3.63. The molecule has 0 fully saturated rings. The minimum atomic E-state index is -4.35. The number of nitriles is 1. The van der Waals surface area contributed by atoms with Crippen molar-refractivity contribution in [3.63, 3.8) is 0 Å². The number of benzene rings is 2. The number of aryl methyl sites for hydroxylation is 1. The Labute approximate surface area is 188 Å². The summed E-state index contributed by atoms with van der Waals surface area (Å²) in [5, 5.41) is 13.6. The number of hydrogen-bond donors (Lipinski definition) is 0. The largest absolute Gasteiger partial charge is 0.408 e. The van der Waals surface area contributed by atoms with E-state index in [0.717, 1.165) is 39.8 Å². The molecule has 0 spiro atoms. The molecular weight excluding hydrogens is 467 g/mol. The van der Waals surface area contributed by atoms with Crippen LogP contribution >= 0.6 is 15.9 Å². The standard InChI is InChI=1S/C24H23BrF3N3/c1-3-4-9-21-16(2)23(31(30-21)15-24(26,27)28)22(25)18-12-10-17(11-13-18)20-8-6-5-7-19(20)14-29/h5-8,10-13,22H,3-4,9,15H2,1-2H3. The molecule has 2 aromatic carbocycles. The van der Waals surface area contributed by atoms with E-state index in [1.54, 1.807) is 6.07 Å². The summed E-state index contributed by atoms with van der Waals surface area (Å²) in [6.45, 7) is 2.76. The molecule has 0 saturated heterocycles. The number of alkyl halides is 4. The summed E-state index contributed by atoms with van der Waals surface area (Å²) in [7, 11) is 0. The second kappa shape index (κ2) is 9.69. The van der Waals surface area contributed by atoms with Gasteiger partial charge in [-0.2, -0.15) is 23.5 Å². The highest BCUT2D eigenvalue weighted by Crippen LogP contribution is 2.36. The van der Waals surface area contributed by atoms with E-state index in [1.165, 1.54) is 0 Å². The molecule has 7 heteroatoms. The molecule has 31 heavy (non-hydrogen) atoms. The number of rotatable bonds is 7. The third kappa shape index (κ3) is 5.37. The number of halogens is 4. The van der Waals surface area contributed by atoms with E-state index in [1.807, 2.05) is 56.3 Å². The van der Waals surface area contributed by atoms with Crippen molar-refractivity contribution in [3.8, 4) is 17.2 Å². The van der Waals surface area contributed by atoms with E-state index in [9.17, 15) is 18.4 Å². The predicted octanol–water partition coefficient (Wildman–Crippen LogP) is 7.12. The minimum absolute atomic E-state index is 0.432. The fourth-order valence-corrected chi connectivity index (χ4v) is 4.52. The lowest BCUT2D eigenvalue weighted by Crippen LogP contribution is -2.21. The van der Waals surface area contributed by atoms with Gasteiger partial charge in [-0.05, 0) is 48.1 Å². The van der Waals surface area contributed by atoms with Gasteiger partial charge in [-0.1, -0.05) is 71.7 Å².